The number of anilines is 2. The topological polar surface area (TPSA) is 291 Å². The van der Waals surface area contributed by atoms with Crippen LogP contribution in [-0.2, 0) is 36.4 Å². The minimum atomic E-state index is -5.69. The number of carbonyl (C=O) groups is 2. The molecule has 2 amide bonds. The van der Waals surface area contributed by atoms with E-state index in [0.29, 0.717) is 41.5 Å². The van der Waals surface area contributed by atoms with Crippen molar-refractivity contribution in [1.29, 1.82) is 0 Å². The third-order valence-corrected chi connectivity index (χ3v) is 19.3. The van der Waals surface area contributed by atoms with Gasteiger partial charge in [-0.1, -0.05) is 43.9 Å². The highest BCUT2D eigenvalue weighted by atomic mass is 31.3. The zero-order valence-electron chi connectivity index (χ0n) is 46.3. The summed E-state index contributed by atoms with van der Waals surface area (Å²) in [5.41, 5.74) is 13.9. The molecule has 6 heterocycles. The number of phosphoric acid groups is 3. The number of nitrogens with zero attached hydrogens (tertiary/aromatic N) is 6. The maximum atomic E-state index is 14.7. The first kappa shape index (κ1) is 58.9. The lowest BCUT2D eigenvalue weighted by Gasteiger charge is -2.47. The zero-order chi connectivity index (χ0) is 57.9. The van der Waals surface area contributed by atoms with Crippen LogP contribution >= 0.6 is 23.5 Å². The van der Waals surface area contributed by atoms with E-state index >= 15 is 0 Å². The van der Waals surface area contributed by atoms with Crippen molar-refractivity contribution in [1.82, 2.24) is 29.3 Å². The molecule has 7 N–H and O–H groups in total. The summed E-state index contributed by atoms with van der Waals surface area (Å²) in [7, 11) is -14.8. The smallest absolute Gasteiger partial charge is 0.456 e. The number of nitrogens with two attached hydrogens (primary N) is 1. The summed E-state index contributed by atoms with van der Waals surface area (Å²) in [6.07, 6.45) is 4.49. The summed E-state index contributed by atoms with van der Waals surface area (Å²) in [4.78, 5) is 77.5. The second kappa shape index (κ2) is 22.5. The molecule has 80 heavy (non-hydrogen) atoms. The summed E-state index contributed by atoms with van der Waals surface area (Å²) in [5, 5.41) is 5.38. The monoisotopic (exact) mass is 1160 g/mol. The van der Waals surface area contributed by atoms with Crippen LogP contribution in [0.2, 0.25) is 0 Å². The van der Waals surface area contributed by atoms with Gasteiger partial charge in [-0.3, -0.25) is 14.1 Å². The van der Waals surface area contributed by atoms with E-state index in [1.54, 1.807) is 22.7 Å². The van der Waals surface area contributed by atoms with Gasteiger partial charge in [-0.25, -0.2) is 28.2 Å². The molecule has 3 aromatic carbocycles. The van der Waals surface area contributed by atoms with Crippen LogP contribution in [0, 0.1) is 11.8 Å². The summed E-state index contributed by atoms with van der Waals surface area (Å²) in [6, 6.07) is 16.8. The van der Waals surface area contributed by atoms with Crippen LogP contribution in [0.3, 0.4) is 0 Å². The third-order valence-electron chi connectivity index (χ3n) is 15.5. The van der Waals surface area contributed by atoms with Crippen LogP contribution < -0.4 is 35.8 Å². The van der Waals surface area contributed by atoms with E-state index in [4.69, 9.17) is 29.5 Å². The molecule has 0 aliphatic carbocycles. The van der Waals surface area contributed by atoms with Crippen molar-refractivity contribution in [2.75, 3.05) is 50.5 Å². The molecule has 1 fully saturated rings. The summed E-state index contributed by atoms with van der Waals surface area (Å²) >= 11 is 0. The molecule has 9 rings (SSSR count). The highest BCUT2D eigenvalue weighted by molar-refractivity contribution is 7.66. The average molecular weight is 1160 g/mol. The molecular weight excluding hydrogens is 1090 g/mol. The Bertz CT molecular complexity index is 3650. The van der Waals surface area contributed by atoms with Gasteiger partial charge in [0.25, 0.3) is 5.91 Å². The van der Waals surface area contributed by atoms with Gasteiger partial charge in [0.1, 0.15) is 42.1 Å². The van der Waals surface area contributed by atoms with Gasteiger partial charge in [0.05, 0.1) is 36.3 Å². The number of carbonyl (C=O) groups excluding carboxylic acids is 2. The molecule has 4 aliphatic heterocycles. The molecule has 4 unspecified atom stereocenters. The molecule has 4 aliphatic rings. The molecular formula is C55H70N8O14P3+. The Morgan fingerprint density at radius 2 is 1.68 bits per heavy atom. The number of aromatic nitrogens is 3. The molecule has 428 valence electrons. The Labute approximate surface area is 464 Å². The first-order valence-corrected chi connectivity index (χ1v) is 31.2. The number of hydrogen-bond donors (Lipinski definition) is 6. The lowest BCUT2D eigenvalue weighted by molar-refractivity contribution is -0.121. The van der Waals surface area contributed by atoms with E-state index in [9.17, 15) is 33.1 Å². The lowest BCUT2D eigenvalue weighted by Crippen LogP contribution is -2.52. The van der Waals surface area contributed by atoms with E-state index in [1.807, 2.05) is 24.3 Å². The van der Waals surface area contributed by atoms with Gasteiger partial charge in [0, 0.05) is 84.0 Å². The molecule has 25 heteroatoms. The standard InChI is InChI=1S/C55H69N8O14P3/c1-10-62-43-26-45-41(24-39(43)33(3)28-54(62,5)6)50(42-25-40-34(4)29-55(7,8)63(11-2)44(40)27-46(42)75-45)37-17-12-13-18-38(37)53(65)60(9)23-15-19-47(64)57-22-14-16-35-30-61(52-49(35)51(56)58-32-59-52)48-21-20-36(74-48)31-73-79(69,70)77-80(71,72)76-78(66,67)68/h12-13,17-18,24-27,30,32-34,36,48H,10-11,15,19-23,28-29,31H2,1-9H3,(H6-,56,57,58,59,64,66,67,68,69,70,71,72)/p+1/t33?,34?,36-,48+/m0/s1. The van der Waals surface area contributed by atoms with Crippen molar-refractivity contribution in [2.45, 2.75) is 129 Å². The van der Waals surface area contributed by atoms with Crippen LogP contribution in [0.5, 0.6) is 11.5 Å². The molecule has 0 saturated carbocycles. The van der Waals surface area contributed by atoms with Crippen molar-refractivity contribution in [3.63, 3.8) is 0 Å². The van der Waals surface area contributed by atoms with Crippen molar-refractivity contribution < 1.29 is 65.5 Å². The minimum Gasteiger partial charge on any atom is -0.456 e. The molecule has 2 aromatic heterocycles. The van der Waals surface area contributed by atoms with E-state index in [-0.39, 0.29) is 59.9 Å². The zero-order valence-corrected chi connectivity index (χ0v) is 49.0. The lowest BCUT2D eigenvalue weighted by atomic mass is 9.77. The largest absolute Gasteiger partial charge is 0.490 e. The Hall–Kier alpha value is -5.78. The quantitative estimate of drug-likeness (QED) is 0.0296. The minimum absolute atomic E-state index is 0.0123. The molecule has 5 aromatic rings. The second-order valence-electron chi connectivity index (χ2n) is 22.2. The average Bonchev–Trinajstić information content (AvgIpc) is 4.07. The Kier molecular flexibility index (Phi) is 16.6. The fraction of sp³-hybridized carbons (Fsp3) is 0.473. The van der Waals surface area contributed by atoms with Gasteiger partial charge >= 0.3 is 23.5 Å². The van der Waals surface area contributed by atoms with E-state index in [0.717, 1.165) is 59.3 Å². The van der Waals surface area contributed by atoms with E-state index in [1.165, 1.54) is 28.5 Å². The number of benzene rings is 3. The molecule has 1 saturated heterocycles. The Morgan fingerprint density at radius 1 is 0.938 bits per heavy atom. The molecule has 0 spiro atoms. The predicted octanol–water partition coefficient (Wildman–Crippen LogP) is 7.32. The van der Waals surface area contributed by atoms with Gasteiger partial charge in [0.2, 0.25) is 11.3 Å². The summed E-state index contributed by atoms with van der Waals surface area (Å²) in [6.45, 7) is 19.6. The van der Waals surface area contributed by atoms with Crippen LogP contribution in [0.1, 0.15) is 150 Å². The van der Waals surface area contributed by atoms with Gasteiger partial charge in [-0.05, 0) is 108 Å². The number of ether oxygens (including phenoxy) is 2. The van der Waals surface area contributed by atoms with Crippen molar-refractivity contribution in [3.05, 3.63) is 105 Å². The Balaban J connectivity index is 0.888. The highest BCUT2D eigenvalue weighted by Gasteiger charge is 2.43. The maximum absolute atomic E-state index is 14.7. The Morgan fingerprint density at radius 3 is 2.40 bits per heavy atom. The fourth-order valence-electron chi connectivity index (χ4n) is 12.3. The van der Waals surface area contributed by atoms with Gasteiger partial charge < -0.3 is 54.5 Å². The van der Waals surface area contributed by atoms with Gasteiger partial charge in [-0.15, -0.1) is 0 Å². The normalized spacial score (nSPS) is 21.4. The van der Waals surface area contributed by atoms with Crippen LogP contribution in [0.4, 0.5) is 11.5 Å². The number of phosphoric ester groups is 1. The number of fused-ring (bicyclic) bond motifs is 5. The second-order valence-corrected chi connectivity index (χ2v) is 26.6. The van der Waals surface area contributed by atoms with Crippen molar-refractivity contribution in [3.8, 4) is 23.3 Å². The third kappa shape index (κ3) is 12.2. The first-order valence-electron chi connectivity index (χ1n) is 26.7. The number of nitrogen functional groups attached to an aromatic ring is 1. The maximum Gasteiger partial charge on any atom is 0.490 e. The predicted molar refractivity (Wildman–Crippen MR) is 300 cm³/mol. The van der Waals surface area contributed by atoms with Gasteiger partial charge in [-0.2, -0.15) is 8.62 Å². The highest BCUT2D eigenvalue weighted by Crippen LogP contribution is 2.66. The number of hydrogen-bond acceptors (Lipinski definition) is 14. The SMILES string of the molecule is CCN1c2cc3c(cc2C(C)CC1(C)C)C(c1ccccc1C(=O)N(C)CCCC(=O)NCC#Cc1cn([C@H]2CC[C@@H](COP(=O)(O)OP(=O)(O)OP(=O)(O)O)O2)c2ncnc(N)c12)=c1cc2c(cc1O3)=[N+](CC)C(C)(C)CC2C. The van der Waals surface area contributed by atoms with Crippen molar-refractivity contribution >= 4 is 63.4 Å². The summed E-state index contributed by atoms with van der Waals surface area (Å²) in [5.74, 6) is 7.77. The van der Waals surface area contributed by atoms with Crippen molar-refractivity contribution in [2.24, 2.45) is 0 Å². The number of nitrogens with one attached hydrogen (secondary N) is 1. The van der Waals surface area contributed by atoms with Crippen LogP contribution in [0.25, 0.3) is 16.6 Å². The molecule has 22 nitrogen and oxygen atoms in total. The number of rotatable bonds is 17. The van der Waals surface area contributed by atoms with Gasteiger partial charge in [0.15, 0.2) is 5.54 Å². The van der Waals surface area contributed by atoms with E-state index in [2.05, 4.69) is 125 Å². The number of amides is 2. The molecule has 6 atom stereocenters. The van der Waals surface area contributed by atoms with E-state index < -0.39 is 42.4 Å². The fourth-order valence-corrected chi connectivity index (χ4v) is 15.3. The van der Waals surface area contributed by atoms with Crippen LogP contribution in [0.15, 0.2) is 61.1 Å². The molecule has 0 bridgehead atoms. The first-order chi connectivity index (χ1) is 37.6. The summed E-state index contributed by atoms with van der Waals surface area (Å²) < 4.78 is 64.5. The molecule has 0 radical (unpaired) electrons. The van der Waals surface area contributed by atoms with Crippen LogP contribution in [-0.4, -0.2) is 108 Å².